The number of hydrogen-bond acceptors (Lipinski definition) is 8. The van der Waals surface area contributed by atoms with Crippen molar-refractivity contribution < 1.29 is 14.6 Å². The Hall–Kier alpha value is -4.18. The highest BCUT2D eigenvalue weighted by molar-refractivity contribution is 7.12. The molecule has 0 saturated heterocycles. The second-order valence-electron chi connectivity index (χ2n) is 6.03. The van der Waals surface area contributed by atoms with Crippen LogP contribution in [0.1, 0.15) is 0 Å². The number of nitro groups is 2. The van der Waals surface area contributed by atoms with Crippen LogP contribution in [0.4, 0.5) is 11.4 Å². The molecule has 9 nitrogen and oxygen atoms in total. The lowest BCUT2D eigenvalue weighted by Crippen LogP contribution is -1.93. The van der Waals surface area contributed by atoms with Crippen LogP contribution in [0.25, 0.3) is 21.7 Å². The lowest BCUT2D eigenvalue weighted by atomic mass is 10.0. The maximum absolute atomic E-state index is 11.2. The zero-order valence-corrected chi connectivity index (χ0v) is 15.9. The van der Waals surface area contributed by atoms with Crippen LogP contribution in [0.15, 0.2) is 66.2 Å². The third-order valence-electron chi connectivity index (χ3n) is 4.15. The predicted octanol–water partition coefficient (Wildman–Crippen LogP) is 5.28. The Balaban J connectivity index is 1.78. The van der Waals surface area contributed by atoms with Gasteiger partial charge in [0.15, 0.2) is 0 Å². The third kappa shape index (κ3) is 3.98. The van der Waals surface area contributed by atoms with Gasteiger partial charge in [-0.1, -0.05) is 23.5 Å². The zero-order chi connectivity index (χ0) is 21.1. The van der Waals surface area contributed by atoms with Crippen molar-refractivity contribution in [3.63, 3.8) is 0 Å². The molecule has 0 aliphatic rings. The van der Waals surface area contributed by atoms with E-state index in [2.05, 4.69) is 16.3 Å². The van der Waals surface area contributed by atoms with E-state index in [0.29, 0.717) is 33.2 Å². The quantitative estimate of drug-likeness (QED) is 0.308. The van der Waals surface area contributed by atoms with Gasteiger partial charge in [0.2, 0.25) is 0 Å². The molecule has 1 aromatic heterocycles. The fourth-order valence-corrected chi connectivity index (χ4v) is 3.28. The van der Waals surface area contributed by atoms with E-state index in [1.807, 2.05) is 0 Å². The topological polar surface area (TPSA) is 121 Å². The van der Waals surface area contributed by atoms with Crippen LogP contribution < -0.4 is 4.74 Å². The van der Waals surface area contributed by atoms with Crippen molar-refractivity contribution in [2.24, 2.45) is 0 Å². The number of nitro benzene ring substituents is 2. The van der Waals surface area contributed by atoms with Crippen molar-refractivity contribution in [3.8, 4) is 33.2 Å². The molecule has 4 aromatic rings. The summed E-state index contributed by atoms with van der Waals surface area (Å²) in [6.45, 7) is 0. The summed E-state index contributed by atoms with van der Waals surface area (Å²) >= 11 is 1.33. The van der Waals surface area contributed by atoms with Crippen LogP contribution in [-0.4, -0.2) is 20.0 Å². The molecular formula is C20H11N4O5S. The first kappa shape index (κ1) is 19.2. The normalized spacial score (nSPS) is 10.5. The van der Waals surface area contributed by atoms with E-state index < -0.39 is 9.85 Å². The largest absolute Gasteiger partial charge is 0.457 e. The Labute approximate surface area is 173 Å². The van der Waals surface area contributed by atoms with Gasteiger partial charge in [0.25, 0.3) is 11.4 Å². The number of benzene rings is 3. The van der Waals surface area contributed by atoms with Crippen LogP contribution in [0.2, 0.25) is 0 Å². The Kier molecular flexibility index (Phi) is 5.14. The van der Waals surface area contributed by atoms with Crippen molar-refractivity contribution in [2.45, 2.75) is 0 Å². The lowest BCUT2D eigenvalue weighted by molar-refractivity contribution is -0.385. The molecule has 0 bridgehead atoms. The van der Waals surface area contributed by atoms with E-state index in [1.54, 1.807) is 29.8 Å². The fraction of sp³-hybridized carbons (Fsp3) is 0. The molecule has 0 N–H and O–H groups in total. The second kappa shape index (κ2) is 8.05. The molecule has 0 atom stereocenters. The lowest BCUT2D eigenvalue weighted by Gasteiger charge is -2.12. The van der Waals surface area contributed by atoms with Gasteiger partial charge in [-0.2, -0.15) is 0 Å². The highest BCUT2D eigenvalue weighted by atomic mass is 32.1. The number of hydrogen-bond donors (Lipinski definition) is 0. The van der Waals surface area contributed by atoms with Gasteiger partial charge in [-0.05, 0) is 35.9 Å². The maximum Gasteiger partial charge on any atom is 0.270 e. The van der Waals surface area contributed by atoms with Gasteiger partial charge in [-0.15, -0.1) is 10.2 Å². The van der Waals surface area contributed by atoms with Crippen molar-refractivity contribution in [1.82, 2.24) is 10.2 Å². The summed E-state index contributed by atoms with van der Waals surface area (Å²) in [4.78, 5) is 21.1. The molecule has 0 aliphatic carbocycles. The molecule has 10 heteroatoms. The molecule has 0 spiro atoms. The minimum atomic E-state index is -0.497. The molecule has 147 valence electrons. The van der Waals surface area contributed by atoms with Gasteiger partial charge in [-0.3, -0.25) is 20.2 Å². The summed E-state index contributed by atoms with van der Waals surface area (Å²) in [5.41, 5.74) is 3.27. The standard InChI is InChI=1S/C20H11N4O5S/c25-23(26)15-5-7-17(8-6-15)29-19-11-14(20-22-21-12-30-20)4-9-18(19)13-2-1-3-16(10-13)24(27)28/h1-3,5-12H. The monoisotopic (exact) mass is 419 g/mol. The summed E-state index contributed by atoms with van der Waals surface area (Å²) in [5.74, 6) is 0.773. The van der Waals surface area contributed by atoms with Crippen LogP contribution >= 0.6 is 11.3 Å². The van der Waals surface area contributed by atoms with Gasteiger partial charge in [0.05, 0.1) is 9.85 Å². The number of nitrogens with zero attached hydrogens (tertiary/aromatic N) is 4. The Morgan fingerprint density at radius 3 is 2.40 bits per heavy atom. The summed E-state index contributed by atoms with van der Waals surface area (Å²) < 4.78 is 5.98. The Morgan fingerprint density at radius 2 is 1.73 bits per heavy atom. The summed E-state index contributed by atoms with van der Waals surface area (Å²) in [6, 6.07) is 18.3. The van der Waals surface area contributed by atoms with Crippen molar-refractivity contribution >= 4 is 22.7 Å². The minimum Gasteiger partial charge on any atom is -0.457 e. The van der Waals surface area contributed by atoms with Gasteiger partial charge in [0.1, 0.15) is 22.0 Å². The van der Waals surface area contributed by atoms with E-state index in [1.165, 1.54) is 47.7 Å². The van der Waals surface area contributed by atoms with Crippen molar-refractivity contribution in [1.29, 1.82) is 0 Å². The molecular weight excluding hydrogens is 408 g/mol. The molecule has 1 heterocycles. The molecule has 0 amide bonds. The molecule has 0 unspecified atom stereocenters. The van der Waals surface area contributed by atoms with Gasteiger partial charge in [0, 0.05) is 35.4 Å². The van der Waals surface area contributed by atoms with Crippen LogP contribution in [0, 0.1) is 26.3 Å². The third-order valence-corrected chi connectivity index (χ3v) is 4.87. The van der Waals surface area contributed by atoms with E-state index >= 15 is 0 Å². The zero-order valence-electron chi connectivity index (χ0n) is 15.1. The Morgan fingerprint density at radius 1 is 0.967 bits per heavy atom. The molecule has 0 saturated carbocycles. The second-order valence-corrected chi connectivity index (χ2v) is 6.86. The molecule has 3 aromatic carbocycles. The van der Waals surface area contributed by atoms with Gasteiger partial charge < -0.3 is 4.74 Å². The first-order valence-corrected chi connectivity index (χ1v) is 9.38. The average Bonchev–Trinajstić information content (AvgIpc) is 3.29. The first-order chi connectivity index (χ1) is 14.5. The summed E-state index contributed by atoms with van der Waals surface area (Å²) in [5, 5.41) is 30.5. The maximum atomic E-state index is 11.2. The van der Waals surface area contributed by atoms with Crippen LogP contribution in [0.5, 0.6) is 11.5 Å². The molecule has 4 rings (SSSR count). The highest BCUT2D eigenvalue weighted by Crippen LogP contribution is 2.38. The van der Waals surface area contributed by atoms with Gasteiger partial charge >= 0.3 is 0 Å². The van der Waals surface area contributed by atoms with E-state index in [0.717, 1.165) is 0 Å². The van der Waals surface area contributed by atoms with E-state index in [-0.39, 0.29) is 11.4 Å². The van der Waals surface area contributed by atoms with E-state index in [4.69, 9.17) is 4.74 Å². The van der Waals surface area contributed by atoms with Crippen molar-refractivity contribution in [2.75, 3.05) is 0 Å². The Bertz CT molecular complexity index is 1230. The molecule has 0 fully saturated rings. The summed E-state index contributed by atoms with van der Waals surface area (Å²) in [7, 11) is 0. The minimum absolute atomic E-state index is 0.0537. The molecule has 30 heavy (non-hydrogen) atoms. The predicted molar refractivity (Wildman–Crippen MR) is 109 cm³/mol. The van der Waals surface area contributed by atoms with Crippen LogP contribution in [-0.2, 0) is 0 Å². The smallest absolute Gasteiger partial charge is 0.270 e. The molecule has 1 radical (unpaired) electrons. The van der Waals surface area contributed by atoms with Crippen LogP contribution in [0.3, 0.4) is 0 Å². The average molecular weight is 419 g/mol. The van der Waals surface area contributed by atoms with Gasteiger partial charge in [-0.25, -0.2) is 0 Å². The SMILES string of the molecule is O=[N+]([O-])c1ccc(Oc2cc(-c3nncs3)[c]cc2-c2cccc([N+](=O)[O-])c2)cc1. The fourth-order valence-electron chi connectivity index (χ4n) is 2.75. The highest BCUT2D eigenvalue weighted by Gasteiger charge is 2.15. The number of non-ortho nitro benzene ring substituents is 2. The summed E-state index contributed by atoms with van der Waals surface area (Å²) in [6.07, 6.45) is 0. The first-order valence-electron chi connectivity index (χ1n) is 8.50. The number of aromatic nitrogens is 2. The number of ether oxygens (including phenoxy) is 1. The number of rotatable bonds is 6. The van der Waals surface area contributed by atoms with Crippen molar-refractivity contribution in [3.05, 3.63) is 92.5 Å². The molecule has 0 aliphatic heterocycles. The van der Waals surface area contributed by atoms with E-state index in [9.17, 15) is 20.2 Å².